The van der Waals surface area contributed by atoms with Gasteiger partial charge in [-0.25, -0.2) is 0 Å². The zero-order chi connectivity index (χ0) is 25.0. The lowest BCUT2D eigenvalue weighted by molar-refractivity contribution is 0.678. The van der Waals surface area contributed by atoms with Crippen LogP contribution >= 0.6 is 11.8 Å². The van der Waals surface area contributed by atoms with Gasteiger partial charge in [-0.05, 0) is 84.3 Å². The predicted molar refractivity (Wildman–Crippen MR) is 157 cm³/mol. The molecule has 0 spiro atoms. The van der Waals surface area contributed by atoms with Crippen molar-refractivity contribution in [2.75, 3.05) is 4.90 Å². The van der Waals surface area contributed by atoms with Crippen LogP contribution in [0.3, 0.4) is 0 Å². The number of anilines is 3. The summed E-state index contributed by atoms with van der Waals surface area (Å²) in [4.78, 5) is 5.04. The molecule has 3 heteroatoms. The highest BCUT2D eigenvalue weighted by Crippen LogP contribution is 2.53. The van der Waals surface area contributed by atoms with Gasteiger partial charge >= 0.3 is 0 Å². The molecule has 4 aromatic carbocycles. The van der Waals surface area contributed by atoms with Crippen LogP contribution in [-0.2, 0) is 7.05 Å². The Hall–Kier alpha value is -3.17. The second-order valence-corrected chi connectivity index (χ2v) is 11.3. The maximum atomic E-state index is 2.51. The van der Waals surface area contributed by atoms with Crippen molar-refractivity contribution in [2.24, 2.45) is 7.05 Å². The van der Waals surface area contributed by atoms with Crippen molar-refractivity contribution in [3.8, 4) is 0 Å². The van der Waals surface area contributed by atoms with Gasteiger partial charge in [-0.1, -0.05) is 69.8 Å². The number of nitrogens with zero attached hydrogens (tertiary/aromatic N) is 2. The van der Waals surface area contributed by atoms with Crippen molar-refractivity contribution in [3.63, 3.8) is 0 Å². The summed E-state index contributed by atoms with van der Waals surface area (Å²) in [6.45, 7) is 9.36. The van der Waals surface area contributed by atoms with Crippen LogP contribution in [0.4, 0.5) is 17.1 Å². The largest absolute Gasteiger partial charge is 0.344 e. The molecular weight excluding hydrogens is 456 g/mol. The smallest absolute Gasteiger partial charge is 0.0609 e. The third-order valence-electron chi connectivity index (χ3n) is 8.16. The van der Waals surface area contributed by atoms with E-state index in [0.717, 1.165) is 12.8 Å². The van der Waals surface area contributed by atoms with Crippen LogP contribution in [0.2, 0.25) is 0 Å². The number of hydrogen-bond donors (Lipinski definition) is 0. The normalized spacial score (nSPS) is 14.6. The number of aryl methyl sites for hydroxylation is 1. The zero-order valence-corrected chi connectivity index (χ0v) is 22.7. The Balaban J connectivity index is 1.65. The summed E-state index contributed by atoms with van der Waals surface area (Å²) in [6, 6.07) is 29.4. The number of para-hydroxylation sites is 2. The van der Waals surface area contributed by atoms with Crippen molar-refractivity contribution in [2.45, 2.75) is 62.2 Å². The molecule has 1 aliphatic heterocycles. The molecule has 5 aromatic rings. The van der Waals surface area contributed by atoms with Gasteiger partial charge in [-0.15, -0.1) is 0 Å². The van der Waals surface area contributed by atoms with Crippen molar-refractivity contribution < 1.29 is 0 Å². The number of hydrogen-bond acceptors (Lipinski definition) is 2. The van der Waals surface area contributed by atoms with Gasteiger partial charge in [-0.2, -0.15) is 0 Å². The van der Waals surface area contributed by atoms with Crippen LogP contribution in [0, 0.1) is 0 Å². The lowest BCUT2D eigenvalue weighted by atomic mass is 9.85. The molecular formula is C33H34N2S. The van der Waals surface area contributed by atoms with E-state index >= 15 is 0 Å². The van der Waals surface area contributed by atoms with Gasteiger partial charge in [0.05, 0.1) is 16.9 Å². The average molecular weight is 491 g/mol. The van der Waals surface area contributed by atoms with Crippen molar-refractivity contribution in [1.82, 2.24) is 4.57 Å². The minimum atomic E-state index is 0.550. The first-order chi connectivity index (χ1) is 17.5. The lowest BCUT2D eigenvalue weighted by Gasteiger charge is -2.33. The zero-order valence-electron chi connectivity index (χ0n) is 21.9. The molecule has 6 rings (SSSR count). The Kier molecular flexibility index (Phi) is 5.84. The molecule has 2 nitrogen and oxygen atoms in total. The van der Waals surface area contributed by atoms with Gasteiger partial charge in [0.2, 0.25) is 0 Å². The summed E-state index contributed by atoms with van der Waals surface area (Å²) < 4.78 is 2.41. The molecule has 0 aliphatic carbocycles. The first-order valence-electron chi connectivity index (χ1n) is 13.2. The molecule has 0 saturated heterocycles. The Bertz CT molecular complexity index is 1580. The van der Waals surface area contributed by atoms with E-state index in [9.17, 15) is 0 Å². The SMILES string of the molecule is CCC(C)c1cc2c3cc4c(cc3n(C)c2cc1C(C)CC)Sc1ccccc1N4c1ccccc1. The molecule has 2 heterocycles. The van der Waals surface area contributed by atoms with Crippen LogP contribution < -0.4 is 4.90 Å². The van der Waals surface area contributed by atoms with Gasteiger partial charge in [0.15, 0.2) is 0 Å². The minimum absolute atomic E-state index is 0.550. The first kappa shape index (κ1) is 23.2. The maximum absolute atomic E-state index is 2.51. The van der Waals surface area contributed by atoms with E-state index in [0.29, 0.717) is 11.8 Å². The quantitative estimate of drug-likeness (QED) is 0.237. The van der Waals surface area contributed by atoms with Crippen molar-refractivity contribution in [1.29, 1.82) is 0 Å². The lowest BCUT2D eigenvalue weighted by Crippen LogP contribution is -2.14. The summed E-state index contributed by atoms with van der Waals surface area (Å²) in [6.07, 6.45) is 2.32. The molecule has 2 atom stereocenters. The maximum Gasteiger partial charge on any atom is 0.0609 e. The molecule has 1 aliphatic rings. The van der Waals surface area contributed by atoms with Gasteiger partial charge in [0.25, 0.3) is 0 Å². The molecule has 0 amide bonds. The predicted octanol–water partition coefficient (Wildman–Crippen LogP) is 10.3. The minimum Gasteiger partial charge on any atom is -0.344 e. The average Bonchev–Trinajstić information content (AvgIpc) is 3.19. The van der Waals surface area contributed by atoms with Crippen LogP contribution in [0.1, 0.15) is 63.5 Å². The number of fused-ring (bicyclic) bond motifs is 5. The summed E-state index contributed by atoms with van der Waals surface area (Å²) >= 11 is 1.88. The summed E-state index contributed by atoms with van der Waals surface area (Å²) in [5.74, 6) is 1.11. The number of benzene rings is 4. The van der Waals surface area contributed by atoms with E-state index in [2.05, 4.69) is 123 Å². The van der Waals surface area contributed by atoms with Gasteiger partial charge in [0.1, 0.15) is 0 Å². The van der Waals surface area contributed by atoms with Crippen LogP contribution in [-0.4, -0.2) is 4.57 Å². The third kappa shape index (κ3) is 3.56. The second-order valence-electron chi connectivity index (χ2n) is 10.3. The molecule has 0 radical (unpaired) electrons. The fourth-order valence-electron chi connectivity index (χ4n) is 5.68. The number of aromatic nitrogens is 1. The Labute approximate surface area is 218 Å². The Morgan fingerprint density at radius 1 is 0.667 bits per heavy atom. The highest BCUT2D eigenvalue weighted by Gasteiger charge is 2.27. The summed E-state index contributed by atoms with van der Waals surface area (Å²) in [5.41, 5.74) is 9.39. The summed E-state index contributed by atoms with van der Waals surface area (Å²) in [7, 11) is 2.23. The molecule has 0 N–H and O–H groups in total. The highest BCUT2D eigenvalue weighted by atomic mass is 32.2. The summed E-state index contributed by atoms with van der Waals surface area (Å²) in [5, 5.41) is 2.71. The van der Waals surface area contributed by atoms with Gasteiger partial charge < -0.3 is 9.47 Å². The molecule has 36 heavy (non-hydrogen) atoms. The van der Waals surface area contributed by atoms with E-state index in [1.165, 1.54) is 59.8 Å². The van der Waals surface area contributed by atoms with E-state index in [1.807, 2.05) is 11.8 Å². The highest BCUT2D eigenvalue weighted by molar-refractivity contribution is 7.99. The van der Waals surface area contributed by atoms with E-state index in [-0.39, 0.29) is 0 Å². The Morgan fingerprint density at radius 3 is 2.00 bits per heavy atom. The molecule has 0 bridgehead atoms. The van der Waals surface area contributed by atoms with E-state index in [1.54, 1.807) is 0 Å². The third-order valence-corrected chi connectivity index (χ3v) is 9.27. The van der Waals surface area contributed by atoms with Crippen LogP contribution in [0.5, 0.6) is 0 Å². The standard InChI is InChI=1S/C33H34N2S/c1-6-21(3)24-17-26-27-19-31-33(20-30(27)34(5)29(26)18-25(24)22(4)7-2)36-32-16-12-11-15-28(32)35(31)23-13-9-8-10-14-23/h8-22H,6-7H2,1-5H3. The molecule has 2 unspecified atom stereocenters. The number of rotatable bonds is 5. The molecule has 0 fully saturated rings. The monoisotopic (exact) mass is 490 g/mol. The van der Waals surface area contributed by atoms with Crippen molar-refractivity contribution >= 4 is 50.6 Å². The van der Waals surface area contributed by atoms with E-state index < -0.39 is 0 Å². The molecule has 1 aromatic heterocycles. The van der Waals surface area contributed by atoms with E-state index in [4.69, 9.17) is 0 Å². The Morgan fingerprint density at radius 2 is 1.28 bits per heavy atom. The molecule has 0 saturated carbocycles. The van der Waals surface area contributed by atoms with Crippen molar-refractivity contribution in [3.05, 3.63) is 90.0 Å². The van der Waals surface area contributed by atoms with Gasteiger partial charge in [-0.3, -0.25) is 0 Å². The fourth-order valence-corrected chi connectivity index (χ4v) is 6.75. The second kappa shape index (κ2) is 9.05. The van der Waals surface area contributed by atoms with Crippen LogP contribution in [0.25, 0.3) is 21.8 Å². The van der Waals surface area contributed by atoms with Crippen LogP contribution in [0.15, 0.2) is 88.7 Å². The first-order valence-corrected chi connectivity index (χ1v) is 14.1. The fraction of sp³-hybridized carbons (Fsp3) is 0.273. The topological polar surface area (TPSA) is 8.17 Å². The van der Waals surface area contributed by atoms with Gasteiger partial charge in [0, 0.05) is 38.8 Å². The molecule has 182 valence electrons.